The van der Waals surface area contributed by atoms with Crippen molar-refractivity contribution in [3.63, 3.8) is 0 Å². The van der Waals surface area contributed by atoms with Crippen LogP contribution in [-0.2, 0) is 0 Å². The average molecular weight is 981 g/mol. The molecule has 11 aromatic rings. The zero-order valence-electron chi connectivity index (χ0n) is 43.4. The highest BCUT2D eigenvalue weighted by molar-refractivity contribution is 6.09. The predicted molar refractivity (Wildman–Crippen MR) is 324 cm³/mol. The van der Waals surface area contributed by atoms with Gasteiger partial charge in [-0.15, -0.1) is 0 Å². The van der Waals surface area contributed by atoms with Crippen molar-refractivity contribution in [2.75, 3.05) is 9.80 Å². The average Bonchev–Trinajstić information content (AvgIpc) is 3.55. The van der Waals surface area contributed by atoms with Crippen molar-refractivity contribution in [1.29, 1.82) is 0 Å². The summed E-state index contributed by atoms with van der Waals surface area (Å²) in [5.41, 5.74) is 19.9. The molecule has 0 N–H and O–H groups in total. The largest absolute Gasteiger partial charge is 0.310 e. The normalized spacial score (nSPS) is 14.2. The smallest absolute Gasteiger partial charge is 0.0468 e. The summed E-state index contributed by atoms with van der Waals surface area (Å²) < 4.78 is 0. The molecule has 0 aromatic heterocycles. The van der Waals surface area contributed by atoms with Gasteiger partial charge in [0, 0.05) is 34.1 Å². The highest BCUT2D eigenvalue weighted by Crippen LogP contribution is 2.51. The van der Waals surface area contributed by atoms with Gasteiger partial charge in [-0.1, -0.05) is 221 Å². The Kier molecular flexibility index (Phi) is 13.3. The van der Waals surface area contributed by atoms with Crippen molar-refractivity contribution >= 4 is 55.7 Å². The molecule has 0 heterocycles. The number of benzene rings is 11. The molecule has 2 heteroatoms. The summed E-state index contributed by atoms with van der Waals surface area (Å²) >= 11 is 0. The molecule has 0 saturated heterocycles. The fourth-order valence-electron chi connectivity index (χ4n) is 12.8. The number of nitrogens with zero attached hydrogens (tertiary/aromatic N) is 2. The minimum absolute atomic E-state index is 0.483. The first-order chi connectivity index (χ1) is 37.7. The van der Waals surface area contributed by atoms with Crippen LogP contribution in [0, 0.1) is 0 Å². The SMILES string of the molecule is c1ccc(-c2ccc(N(c3ccc(-c4ccccc4)cc3)c3ccc4c(C5CCCCC5)c5cc(N(c6ccc(-c7ccccc7)cc6)c6ccc(-c7ccccc7)cc6)ccc5c(C5CCCCC5)c4c3)cc2)cc1. The topological polar surface area (TPSA) is 6.48 Å². The van der Waals surface area contributed by atoms with Crippen LogP contribution in [0.3, 0.4) is 0 Å². The lowest BCUT2D eigenvalue weighted by Crippen LogP contribution is -2.13. The molecular formula is C74H64N2. The molecule has 0 bridgehead atoms. The summed E-state index contributed by atoms with van der Waals surface area (Å²) in [6.07, 6.45) is 12.6. The Morgan fingerprint density at radius 3 is 0.711 bits per heavy atom. The Bertz CT molecular complexity index is 3290. The van der Waals surface area contributed by atoms with E-state index in [9.17, 15) is 0 Å². The van der Waals surface area contributed by atoms with E-state index in [1.165, 1.54) is 142 Å². The maximum atomic E-state index is 2.59. The molecule has 76 heavy (non-hydrogen) atoms. The molecule has 2 saturated carbocycles. The predicted octanol–water partition coefficient (Wildman–Crippen LogP) is 21.7. The lowest BCUT2D eigenvalue weighted by atomic mass is 9.74. The molecule has 2 fully saturated rings. The molecule has 0 atom stereocenters. The Hall–Kier alpha value is -8.46. The van der Waals surface area contributed by atoms with Gasteiger partial charge in [0.15, 0.2) is 0 Å². The highest BCUT2D eigenvalue weighted by Gasteiger charge is 2.29. The number of fused-ring (bicyclic) bond motifs is 2. The van der Waals surface area contributed by atoms with Crippen molar-refractivity contribution in [3.05, 3.63) is 266 Å². The van der Waals surface area contributed by atoms with Gasteiger partial charge in [-0.25, -0.2) is 0 Å². The zero-order chi connectivity index (χ0) is 50.6. The monoisotopic (exact) mass is 981 g/mol. The van der Waals surface area contributed by atoms with Crippen LogP contribution in [0.25, 0.3) is 66.1 Å². The summed E-state index contributed by atoms with van der Waals surface area (Å²) in [6, 6.07) is 94.8. The zero-order valence-corrected chi connectivity index (χ0v) is 43.4. The van der Waals surface area contributed by atoms with Crippen LogP contribution in [0.15, 0.2) is 255 Å². The third-order valence-electron chi connectivity index (χ3n) is 16.6. The number of anilines is 6. The molecule has 2 aliphatic carbocycles. The molecule has 2 aliphatic rings. The van der Waals surface area contributed by atoms with Crippen LogP contribution in [0.2, 0.25) is 0 Å². The van der Waals surface area contributed by atoms with Gasteiger partial charge in [-0.3, -0.25) is 0 Å². The third-order valence-corrected chi connectivity index (χ3v) is 16.6. The first kappa shape index (κ1) is 47.3. The fourth-order valence-corrected chi connectivity index (χ4v) is 12.8. The molecule has 11 aromatic carbocycles. The Balaban J connectivity index is 1.00. The van der Waals surface area contributed by atoms with E-state index < -0.39 is 0 Å². The van der Waals surface area contributed by atoms with Gasteiger partial charge in [-0.05, 0) is 187 Å². The molecule has 0 unspecified atom stereocenters. The van der Waals surface area contributed by atoms with Gasteiger partial charge >= 0.3 is 0 Å². The Morgan fingerprint density at radius 2 is 0.447 bits per heavy atom. The maximum absolute atomic E-state index is 2.59. The second-order valence-corrected chi connectivity index (χ2v) is 21.3. The van der Waals surface area contributed by atoms with E-state index in [4.69, 9.17) is 0 Å². The second-order valence-electron chi connectivity index (χ2n) is 21.3. The van der Waals surface area contributed by atoms with E-state index in [1.807, 2.05) is 0 Å². The minimum Gasteiger partial charge on any atom is -0.310 e. The lowest BCUT2D eigenvalue weighted by molar-refractivity contribution is 0.445. The fraction of sp³-hybridized carbons (Fsp3) is 0.162. The van der Waals surface area contributed by atoms with Crippen LogP contribution in [0.4, 0.5) is 34.1 Å². The molecule has 0 amide bonds. The molecule has 370 valence electrons. The summed E-state index contributed by atoms with van der Waals surface area (Å²) in [4.78, 5) is 4.98. The first-order valence-corrected chi connectivity index (χ1v) is 28.0. The van der Waals surface area contributed by atoms with Crippen LogP contribution in [0.1, 0.15) is 87.2 Å². The van der Waals surface area contributed by atoms with Gasteiger partial charge in [0.2, 0.25) is 0 Å². The molecule has 0 spiro atoms. The van der Waals surface area contributed by atoms with Crippen molar-refractivity contribution < 1.29 is 0 Å². The van der Waals surface area contributed by atoms with Crippen molar-refractivity contribution in [1.82, 2.24) is 0 Å². The van der Waals surface area contributed by atoms with Gasteiger partial charge in [0.1, 0.15) is 0 Å². The van der Waals surface area contributed by atoms with E-state index in [0.29, 0.717) is 11.8 Å². The number of hydrogen-bond donors (Lipinski definition) is 0. The Labute approximate surface area is 449 Å². The minimum atomic E-state index is 0.483. The van der Waals surface area contributed by atoms with Crippen molar-refractivity contribution in [2.24, 2.45) is 0 Å². The van der Waals surface area contributed by atoms with E-state index in [0.717, 1.165) is 22.7 Å². The lowest BCUT2D eigenvalue weighted by Gasteiger charge is -2.32. The van der Waals surface area contributed by atoms with E-state index >= 15 is 0 Å². The van der Waals surface area contributed by atoms with Crippen molar-refractivity contribution in [2.45, 2.75) is 76.0 Å². The van der Waals surface area contributed by atoms with Crippen LogP contribution < -0.4 is 9.80 Å². The highest BCUT2D eigenvalue weighted by atomic mass is 15.1. The standard InChI is InChI=1S/C74H64N2/c1-7-19-53(20-8-1)57-31-39-63(40-32-57)75(64-41-33-58(34-42-64)54-21-9-2-10-22-54)67-47-49-69-71(51-67)73(61-27-15-5-16-28-61)70-50-48-68(52-72(70)74(69)62-29-17-6-18-30-62)76(65-43-35-59(36-44-65)55-23-11-3-12-24-55)66-45-37-60(38-46-66)56-25-13-4-14-26-56/h1-4,7-14,19-26,31-52,61-62H,5-6,15-18,27-30H2. The molecule has 2 nitrogen and oxygen atoms in total. The first-order valence-electron chi connectivity index (χ1n) is 28.0. The summed E-state index contributed by atoms with van der Waals surface area (Å²) in [5.74, 6) is 0.965. The van der Waals surface area contributed by atoms with E-state index in [2.05, 4.69) is 265 Å². The quantitative estimate of drug-likeness (QED) is 0.113. The Morgan fingerprint density at radius 1 is 0.211 bits per heavy atom. The second kappa shape index (κ2) is 21.4. The maximum Gasteiger partial charge on any atom is 0.0468 e. The number of hydrogen-bond acceptors (Lipinski definition) is 2. The summed E-state index contributed by atoms with van der Waals surface area (Å²) in [7, 11) is 0. The van der Waals surface area contributed by atoms with Crippen LogP contribution in [-0.4, -0.2) is 0 Å². The van der Waals surface area contributed by atoms with Gasteiger partial charge < -0.3 is 9.80 Å². The van der Waals surface area contributed by atoms with Gasteiger partial charge in [0.05, 0.1) is 0 Å². The third kappa shape index (κ3) is 9.50. The summed E-state index contributed by atoms with van der Waals surface area (Å²) in [5, 5.41) is 5.74. The summed E-state index contributed by atoms with van der Waals surface area (Å²) in [6.45, 7) is 0. The van der Waals surface area contributed by atoms with Gasteiger partial charge in [-0.2, -0.15) is 0 Å². The molecule has 0 aliphatic heterocycles. The number of rotatable bonds is 12. The van der Waals surface area contributed by atoms with Crippen LogP contribution in [0.5, 0.6) is 0 Å². The van der Waals surface area contributed by atoms with E-state index in [-0.39, 0.29) is 0 Å². The van der Waals surface area contributed by atoms with Gasteiger partial charge in [0.25, 0.3) is 0 Å². The van der Waals surface area contributed by atoms with E-state index in [1.54, 1.807) is 11.1 Å². The van der Waals surface area contributed by atoms with Crippen molar-refractivity contribution in [3.8, 4) is 44.5 Å². The molecule has 0 radical (unpaired) electrons. The van der Waals surface area contributed by atoms with Crippen LogP contribution >= 0.6 is 0 Å². The molecule has 13 rings (SSSR count). The molecular weight excluding hydrogens is 917 g/mol.